The monoisotopic (exact) mass is 373 g/mol. The molecule has 0 radical (unpaired) electrons. The summed E-state index contributed by atoms with van der Waals surface area (Å²) in [6.07, 6.45) is 2.86. The lowest BCUT2D eigenvalue weighted by atomic mass is 10.3. The lowest BCUT2D eigenvalue weighted by molar-refractivity contribution is -0.149. The Balaban J connectivity index is 1.46. The molecular formula is C18H19N3O4S. The Labute approximate surface area is 154 Å². The molecule has 1 aliphatic heterocycles. The molecule has 0 unspecified atom stereocenters. The van der Waals surface area contributed by atoms with E-state index in [-0.39, 0.29) is 18.4 Å². The number of benzene rings is 1. The molecule has 1 aromatic carbocycles. The molecule has 0 bridgehead atoms. The number of piperazine rings is 1. The summed E-state index contributed by atoms with van der Waals surface area (Å²) in [5.74, 6) is -0.835. The zero-order chi connectivity index (χ0) is 18.5. The van der Waals surface area contributed by atoms with Crippen LogP contribution in [-0.4, -0.2) is 65.4 Å². The fourth-order valence-electron chi connectivity index (χ4n) is 2.64. The number of rotatable bonds is 4. The second kappa shape index (κ2) is 8.09. The van der Waals surface area contributed by atoms with E-state index in [2.05, 4.69) is 4.98 Å². The van der Waals surface area contributed by atoms with Gasteiger partial charge in [0.2, 0.25) is 5.91 Å². The number of hydrogen-bond donors (Lipinski definition) is 0. The molecule has 26 heavy (non-hydrogen) atoms. The predicted octanol–water partition coefficient (Wildman–Crippen LogP) is 1.54. The zero-order valence-corrected chi connectivity index (χ0v) is 15.2. The van der Waals surface area contributed by atoms with Crippen molar-refractivity contribution in [1.29, 1.82) is 0 Å². The quantitative estimate of drug-likeness (QED) is 0.600. The summed E-state index contributed by atoms with van der Waals surface area (Å²) >= 11 is 1.48. The van der Waals surface area contributed by atoms with Crippen LogP contribution in [0, 0.1) is 0 Å². The molecule has 1 fully saturated rings. The third-order valence-corrected chi connectivity index (χ3v) is 5.09. The number of thiazole rings is 1. The molecule has 136 valence electrons. The summed E-state index contributed by atoms with van der Waals surface area (Å²) in [6.45, 7) is 3.13. The first-order valence-electron chi connectivity index (χ1n) is 8.26. The summed E-state index contributed by atoms with van der Waals surface area (Å²) in [6, 6.07) is 7.72. The van der Waals surface area contributed by atoms with Crippen LogP contribution in [0.5, 0.6) is 0 Å². The lowest BCUT2D eigenvalue weighted by Gasteiger charge is -2.34. The highest BCUT2D eigenvalue weighted by Gasteiger charge is 2.22. The molecule has 7 nitrogen and oxygen atoms in total. The van der Waals surface area contributed by atoms with Gasteiger partial charge in [-0.25, -0.2) is 9.78 Å². The molecule has 1 aromatic heterocycles. The van der Waals surface area contributed by atoms with Crippen molar-refractivity contribution >= 4 is 45.4 Å². The third kappa shape index (κ3) is 4.45. The molecule has 2 aromatic rings. The number of amides is 2. The molecule has 0 aliphatic carbocycles. The number of carbonyl (C=O) groups is 3. The van der Waals surface area contributed by atoms with Crippen LogP contribution in [0.25, 0.3) is 16.3 Å². The fourth-order valence-corrected chi connectivity index (χ4v) is 3.51. The molecule has 0 atom stereocenters. The van der Waals surface area contributed by atoms with Gasteiger partial charge in [0.1, 0.15) is 5.01 Å². The zero-order valence-electron chi connectivity index (χ0n) is 14.4. The van der Waals surface area contributed by atoms with E-state index in [4.69, 9.17) is 4.74 Å². The van der Waals surface area contributed by atoms with Crippen LogP contribution in [0.3, 0.4) is 0 Å². The highest BCUT2D eigenvalue weighted by molar-refractivity contribution is 7.19. The minimum atomic E-state index is -0.583. The smallest absolute Gasteiger partial charge is 0.331 e. The Hall–Kier alpha value is -2.74. The molecule has 1 saturated heterocycles. The van der Waals surface area contributed by atoms with E-state index in [1.165, 1.54) is 24.3 Å². The number of hydrogen-bond acceptors (Lipinski definition) is 6. The third-order valence-electron chi connectivity index (χ3n) is 4.09. The molecule has 0 N–H and O–H groups in total. The highest BCUT2D eigenvalue weighted by atomic mass is 32.1. The Morgan fingerprint density at radius 1 is 1.15 bits per heavy atom. The van der Waals surface area contributed by atoms with Crippen molar-refractivity contribution in [3.8, 4) is 0 Å². The maximum Gasteiger partial charge on any atom is 0.331 e. The number of nitrogens with zero attached hydrogens (tertiary/aromatic N) is 3. The molecule has 1 aliphatic rings. The first-order chi connectivity index (χ1) is 12.5. The first kappa shape index (κ1) is 18.1. The molecule has 8 heteroatoms. The maximum atomic E-state index is 12.1. The van der Waals surface area contributed by atoms with Gasteiger partial charge in [0.15, 0.2) is 6.61 Å². The number of carbonyl (C=O) groups excluding carboxylic acids is 3. The van der Waals surface area contributed by atoms with Crippen molar-refractivity contribution in [2.75, 3.05) is 32.8 Å². The van der Waals surface area contributed by atoms with Crippen LogP contribution < -0.4 is 0 Å². The second-order valence-electron chi connectivity index (χ2n) is 5.85. The Morgan fingerprint density at radius 3 is 2.54 bits per heavy atom. The van der Waals surface area contributed by atoms with Crippen LogP contribution in [0.4, 0.5) is 0 Å². The van der Waals surface area contributed by atoms with Gasteiger partial charge in [-0.3, -0.25) is 9.59 Å². The summed E-state index contributed by atoms with van der Waals surface area (Å²) < 4.78 is 6.05. The van der Waals surface area contributed by atoms with Gasteiger partial charge in [0.25, 0.3) is 5.91 Å². The van der Waals surface area contributed by atoms with E-state index in [9.17, 15) is 14.4 Å². The number of ether oxygens (including phenoxy) is 1. The molecular weight excluding hydrogens is 354 g/mol. The number of para-hydroxylation sites is 1. The minimum absolute atomic E-state index is 0.00325. The van der Waals surface area contributed by atoms with Gasteiger partial charge in [-0.2, -0.15) is 0 Å². The second-order valence-corrected chi connectivity index (χ2v) is 6.91. The van der Waals surface area contributed by atoms with Crippen LogP contribution in [0.2, 0.25) is 0 Å². The van der Waals surface area contributed by atoms with Crippen LogP contribution in [0.1, 0.15) is 11.9 Å². The van der Waals surface area contributed by atoms with E-state index in [1.807, 2.05) is 24.3 Å². The average Bonchev–Trinajstić information content (AvgIpc) is 3.07. The molecule has 2 heterocycles. The van der Waals surface area contributed by atoms with Gasteiger partial charge in [0.05, 0.1) is 10.2 Å². The normalized spacial score (nSPS) is 14.8. The van der Waals surface area contributed by atoms with Crippen LogP contribution >= 0.6 is 11.3 Å². The molecule has 3 rings (SSSR count). The van der Waals surface area contributed by atoms with Crippen LogP contribution in [0.15, 0.2) is 30.3 Å². The molecule has 0 saturated carbocycles. The van der Waals surface area contributed by atoms with E-state index in [0.29, 0.717) is 31.2 Å². The number of esters is 1. The van der Waals surface area contributed by atoms with Gasteiger partial charge >= 0.3 is 5.97 Å². The van der Waals surface area contributed by atoms with Crippen molar-refractivity contribution in [2.45, 2.75) is 6.92 Å². The minimum Gasteiger partial charge on any atom is -0.452 e. The molecule has 0 spiro atoms. The van der Waals surface area contributed by atoms with Gasteiger partial charge in [-0.1, -0.05) is 12.1 Å². The standard InChI is InChI=1S/C18H19N3O4S/c1-13(22)20-8-10-21(11-9-20)17(23)12-25-18(24)7-6-16-19-14-4-2-3-5-15(14)26-16/h2-7H,8-12H2,1H3/b7-6+. The number of fused-ring (bicyclic) bond motifs is 1. The Morgan fingerprint density at radius 2 is 1.85 bits per heavy atom. The summed E-state index contributed by atoms with van der Waals surface area (Å²) in [5.41, 5.74) is 0.880. The van der Waals surface area contributed by atoms with Gasteiger partial charge < -0.3 is 14.5 Å². The molecule has 2 amide bonds. The summed E-state index contributed by atoms with van der Waals surface area (Å²) in [7, 11) is 0. The van der Waals surface area contributed by atoms with Gasteiger partial charge in [0, 0.05) is 39.2 Å². The topological polar surface area (TPSA) is 79.8 Å². The van der Waals surface area contributed by atoms with E-state index >= 15 is 0 Å². The Bertz CT molecular complexity index is 820. The number of aromatic nitrogens is 1. The van der Waals surface area contributed by atoms with E-state index < -0.39 is 5.97 Å². The van der Waals surface area contributed by atoms with Crippen molar-refractivity contribution in [2.24, 2.45) is 0 Å². The maximum absolute atomic E-state index is 12.1. The fraction of sp³-hybridized carbons (Fsp3) is 0.333. The van der Waals surface area contributed by atoms with Crippen molar-refractivity contribution in [1.82, 2.24) is 14.8 Å². The largest absolute Gasteiger partial charge is 0.452 e. The highest BCUT2D eigenvalue weighted by Crippen LogP contribution is 2.22. The van der Waals surface area contributed by atoms with Gasteiger partial charge in [-0.15, -0.1) is 11.3 Å². The van der Waals surface area contributed by atoms with Gasteiger partial charge in [-0.05, 0) is 18.2 Å². The van der Waals surface area contributed by atoms with Crippen molar-refractivity contribution < 1.29 is 19.1 Å². The van der Waals surface area contributed by atoms with Crippen molar-refractivity contribution in [3.05, 3.63) is 35.3 Å². The lowest BCUT2D eigenvalue weighted by Crippen LogP contribution is -2.51. The first-order valence-corrected chi connectivity index (χ1v) is 9.08. The van der Waals surface area contributed by atoms with E-state index in [1.54, 1.807) is 15.9 Å². The van der Waals surface area contributed by atoms with Crippen LogP contribution in [-0.2, 0) is 19.1 Å². The predicted molar refractivity (Wildman–Crippen MR) is 98.4 cm³/mol. The SMILES string of the molecule is CC(=O)N1CCN(C(=O)COC(=O)/C=C/c2nc3ccccc3s2)CC1. The Kier molecular flexibility index (Phi) is 5.62. The van der Waals surface area contributed by atoms with Crippen molar-refractivity contribution in [3.63, 3.8) is 0 Å². The summed E-state index contributed by atoms with van der Waals surface area (Å²) in [5, 5.41) is 0.704. The summed E-state index contributed by atoms with van der Waals surface area (Å²) in [4.78, 5) is 42.8. The average molecular weight is 373 g/mol. The van der Waals surface area contributed by atoms with E-state index in [0.717, 1.165) is 10.2 Å².